The molecule has 1 N–H and O–H groups in total. The topological polar surface area (TPSA) is 54.9 Å². The molecule has 3 rings (SSSR count). The molecule has 0 aliphatic carbocycles. The predicted molar refractivity (Wildman–Crippen MR) is 99.7 cm³/mol. The molecule has 24 heavy (non-hydrogen) atoms. The Hall–Kier alpha value is -1.89. The summed E-state index contributed by atoms with van der Waals surface area (Å²) in [5.74, 6) is 0.710. The Morgan fingerprint density at radius 3 is 2.54 bits per heavy atom. The largest absolute Gasteiger partial charge is 0.300 e. The van der Waals surface area contributed by atoms with Crippen LogP contribution in [0.1, 0.15) is 11.1 Å². The second kappa shape index (κ2) is 8.28. The minimum absolute atomic E-state index is 0.118. The second-order valence-electron chi connectivity index (χ2n) is 5.00. The van der Waals surface area contributed by atoms with E-state index in [-0.39, 0.29) is 12.3 Å². The number of hydrogen-bond donors (Lipinski definition) is 1. The zero-order valence-electron chi connectivity index (χ0n) is 12.6. The number of amides is 1. The molecule has 0 aliphatic heterocycles. The number of carbonyl (C=O) groups excluding carboxylic acids is 1. The van der Waals surface area contributed by atoms with Crippen LogP contribution in [0.25, 0.3) is 0 Å². The number of rotatable bonds is 6. The minimum atomic E-state index is -0.118. The highest BCUT2D eigenvalue weighted by atomic mass is 35.5. The van der Waals surface area contributed by atoms with Gasteiger partial charge in [0, 0.05) is 10.8 Å². The quantitative estimate of drug-likeness (QED) is 0.502. The van der Waals surface area contributed by atoms with Crippen LogP contribution < -0.4 is 5.32 Å². The van der Waals surface area contributed by atoms with Crippen molar-refractivity contribution in [2.45, 2.75) is 16.5 Å². The molecule has 0 aliphatic rings. The molecule has 7 heteroatoms. The van der Waals surface area contributed by atoms with E-state index in [0.717, 1.165) is 15.7 Å². The van der Waals surface area contributed by atoms with Gasteiger partial charge in [-0.1, -0.05) is 77.2 Å². The van der Waals surface area contributed by atoms with Crippen LogP contribution in [-0.4, -0.2) is 16.1 Å². The number of benzene rings is 2. The lowest BCUT2D eigenvalue weighted by atomic mass is 10.1. The number of nitrogens with one attached hydrogen (secondary N) is 1. The van der Waals surface area contributed by atoms with Gasteiger partial charge in [-0.25, -0.2) is 0 Å². The third kappa shape index (κ3) is 5.06. The van der Waals surface area contributed by atoms with Gasteiger partial charge in [0.15, 0.2) is 4.34 Å². The van der Waals surface area contributed by atoms with E-state index >= 15 is 0 Å². The lowest BCUT2D eigenvalue weighted by Gasteiger charge is -2.01. The van der Waals surface area contributed by atoms with Gasteiger partial charge < -0.3 is 5.32 Å². The van der Waals surface area contributed by atoms with Gasteiger partial charge in [-0.3, -0.25) is 4.79 Å². The van der Waals surface area contributed by atoms with E-state index < -0.39 is 0 Å². The fourth-order valence-electron chi connectivity index (χ4n) is 1.99. The van der Waals surface area contributed by atoms with Gasteiger partial charge >= 0.3 is 0 Å². The van der Waals surface area contributed by atoms with E-state index in [0.29, 0.717) is 10.2 Å². The predicted octanol–water partition coefficient (Wildman–Crippen LogP) is 4.67. The molecular weight excluding hydrogens is 362 g/mol. The van der Waals surface area contributed by atoms with Gasteiger partial charge in [-0.05, 0) is 23.3 Å². The average molecular weight is 376 g/mol. The molecule has 0 saturated carbocycles. The Bertz CT molecular complexity index is 806. The van der Waals surface area contributed by atoms with E-state index in [1.54, 1.807) is 23.9 Å². The molecule has 0 saturated heterocycles. The van der Waals surface area contributed by atoms with E-state index in [9.17, 15) is 4.79 Å². The standard InChI is InChI=1S/C17H14ClN3OS2/c18-14-8-6-12(7-9-14)10-15(22)19-16-20-21-17(24-16)23-11-13-4-2-1-3-5-13/h1-9H,10-11H2,(H,19,20,22). The summed E-state index contributed by atoms with van der Waals surface area (Å²) < 4.78 is 0.834. The average Bonchev–Trinajstić information content (AvgIpc) is 3.03. The lowest BCUT2D eigenvalue weighted by molar-refractivity contribution is -0.115. The normalized spacial score (nSPS) is 10.5. The van der Waals surface area contributed by atoms with Gasteiger partial charge in [0.05, 0.1) is 6.42 Å². The Morgan fingerprint density at radius 1 is 1.04 bits per heavy atom. The van der Waals surface area contributed by atoms with E-state index in [2.05, 4.69) is 27.6 Å². The zero-order valence-corrected chi connectivity index (χ0v) is 15.0. The van der Waals surface area contributed by atoms with Gasteiger partial charge in [0.25, 0.3) is 0 Å². The third-order valence-electron chi connectivity index (χ3n) is 3.14. The number of aromatic nitrogens is 2. The summed E-state index contributed by atoms with van der Waals surface area (Å²) in [5, 5.41) is 12.1. The van der Waals surface area contributed by atoms with Gasteiger partial charge in [-0.15, -0.1) is 10.2 Å². The number of hydrogen-bond acceptors (Lipinski definition) is 5. The maximum atomic E-state index is 12.0. The van der Waals surface area contributed by atoms with Crippen molar-refractivity contribution in [1.29, 1.82) is 0 Å². The summed E-state index contributed by atoms with van der Waals surface area (Å²) in [7, 11) is 0. The monoisotopic (exact) mass is 375 g/mol. The van der Waals surface area contributed by atoms with Crippen molar-refractivity contribution in [3.63, 3.8) is 0 Å². The number of nitrogens with zero attached hydrogens (tertiary/aromatic N) is 2. The van der Waals surface area contributed by atoms with Crippen LogP contribution in [0.4, 0.5) is 5.13 Å². The van der Waals surface area contributed by atoms with Crippen LogP contribution in [0.15, 0.2) is 58.9 Å². The Labute approximate surface area is 153 Å². The van der Waals surface area contributed by atoms with E-state index in [1.807, 2.05) is 30.3 Å². The summed E-state index contributed by atoms with van der Waals surface area (Å²) in [5.41, 5.74) is 2.13. The van der Waals surface area contributed by atoms with E-state index in [4.69, 9.17) is 11.6 Å². The summed E-state index contributed by atoms with van der Waals surface area (Å²) in [6.07, 6.45) is 0.281. The molecule has 3 aromatic rings. The van der Waals surface area contributed by atoms with Crippen molar-refractivity contribution in [3.8, 4) is 0 Å². The molecule has 1 aromatic heterocycles. The maximum Gasteiger partial charge on any atom is 0.230 e. The molecule has 122 valence electrons. The molecule has 2 aromatic carbocycles. The first-order chi connectivity index (χ1) is 11.7. The molecule has 1 heterocycles. The molecule has 0 radical (unpaired) electrons. The summed E-state index contributed by atoms with van der Waals surface area (Å²) in [6.45, 7) is 0. The molecule has 0 bridgehead atoms. The first-order valence-electron chi connectivity index (χ1n) is 7.23. The number of halogens is 1. The van der Waals surface area contributed by atoms with Crippen molar-refractivity contribution in [2.75, 3.05) is 5.32 Å². The SMILES string of the molecule is O=C(Cc1ccc(Cl)cc1)Nc1nnc(SCc2ccccc2)s1. The zero-order chi connectivity index (χ0) is 16.8. The van der Waals surface area contributed by atoms with Crippen LogP contribution >= 0.6 is 34.7 Å². The lowest BCUT2D eigenvalue weighted by Crippen LogP contribution is -2.14. The smallest absolute Gasteiger partial charge is 0.230 e. The molecule has 4 nitrogen and oxygen atoms in total. The van der Waals surface area contributed by atoms with Gasteiger partial charge in [0.2, 0.25) is 11.0 Å². The van der Waals surface area contributed by atoms with Crippen LogP contribution in [0.2, 0.25) is 5.02 Å². The number of thioether (sulfide) groups is 1. The third-order valence-corrected chi connectivity index (χ3v) is 5.43. The summed E-state index contributed by atoms with van der Waals surface area (Å²) >= 11 is 8.82. The highest BCUT2D eigenvalue weighted by molar-refractivity contribution is 8.00. The van der Waals surface area contributed by atoms with Crippen molar-refractivity contribution in [2.24, 2.45) is 0 Å². The first kappa shape index (κ1) is 17.0. The van der Waals surface area contributed by atoms with Crippen LogP contribution in [0, 0.1) is 0 Å². The maximum absolute atomic E-state index is 12.0. The Morgan fingerprint density at radius 2 is 1.79 bits per heavy atom. The molecule has 0 unspecified atom stereocenters. The summed E-state index contributed by atoms with van der Waals surface area (Å²) in [6, 6.07) is 17.4. The second-order valence-corrected chi connectivity index (χ2v) is 7.64. The van der Waals surface area contributed by atoms with Crippen molar-refractivity contribution >= 4 is 45.7 Å². The van der Waals surface area contributed by atoms with Crippen molar-refractivity contribution < 1.29 is 4.79 Å². The molecule has 1 amide bonds. The fourth-order valence-corrected chi connectivity index (χ4v) is 3.84. The number of carbonyl (C=O) groups is 1. The highest BCUT2D eigenvalue weighted by Crippen LogP contribution is 2.28. The molecular formula is C17H14ClN3OS2. The van der Waals surface area contributed by atoms with Crippen LogP contribution in [0.5, 0.6) is 0 Å². The Kier molecular flexibility index (Phi) is 5.85. The molecule has 0 spiro atoms. The van der Waals surface area contributed by atoms with Crippen molar-refractivity contribution in [1.82, 2.24) is 10.2 Å². The minimum Gasteiger partial charge on any atom is -0.300 e. The molecule has 0 atom stereocenters. The summed E-state index contributed by atoms with van der Waals surface area (Å²) in [4.78, 5) is 12.0. The number of anilines is 1. The van der Waals surface area contributed by atoms with E-state index in [1.165, 1.54) is 16.9 Å². The van der Waals surface area contributed by atoms with Crippen molar-refractivity contribution in [3.05, 3.63) is 70.7 Å². The Balaban J connectivity index is 1.51. The van der Waals surface area contributed by atoms with Crippen LogP contribution in [0.3, 0.4) is 0 Å². The van der Waals surface area contributed by atoms with Crippen LogP contribution in [-0.2, 0) is 17.0 Å². The van der Waals surface area contributed by atoms with Gasteiger partial charge in [0.1, 0.15) is 0 Å². The fraction of sp³-hybridized carbons (Fsp3) is 0.118. The highest BCUT2D eigenvalue weighted by Gasteiger charge is 2.09. The molecule has 0 fully saturated rings. The van der Waals surface area contributed by atoms with Gasteiger partial charge in [-0.2, -0.15) is 0 Å². The first-order valence-corrected chi connectivity index (χ1v) is 9.41.